The molecule has 1 aromatic carbocycles. The van der Waals surface area contributed by atoms with Crippen molar-refractivity contribution < 1.29 is 27.1 Å². The average Bonchev–Trinajstić information content (AvgIpc) is 2.78. The first-order chi connectivity index (χ1) is 8.89. The minimum Gasteiger partial charge on any atom is -0.453 e. The molecule has 0 fully saturated rings. The Bertz CT molecular complexity index is 605. The molecule has 1 aromatic heterocycles. The van der Waals surface area contributed by atoms with Crippen LogP contribution in [-0.4, -0.2) is 12.6 Å². The van der Waals surface area contributed by atoms with Crippen molar-refractivity contribution in [2.24, 2.45) is 0 Å². The fraction of sp³-hybridized carbons (Fsp3) is 0.0833. The average molecular weight is 335 g/mol. The van der Waals surface area contributed by atoms with Gasteiger partial charge in [-0.25, -0.2) is 0 Å². The van der Waals surface area contributed by atoms with Crippen molar-refractivity contribution in [1.82, 2.24) is 0 Å². The van der Waals surface area contributed by atoms with Crippen molar-refractivity contribution in [3.05, 3.63) is 40.6 Å². The standard InChI is InChI=1S/C12H6BrF3O3/c13-10-3-1-7(19-12(14,15)16)5-9(10)11-4-2-8(6-17)18-11/h1-6H. The summed E-state index contributed by atoms with van der Waals surface area (Å²) < 4.78 is 45.9. The summed E-state index contributed by atoms with van der Waals surface area (Å²) in [5.74, 6) is -0.0135. The highest BCUT2D eigenvalue weighted by atomic mass is 79.9. The highest BCUT2D eigenvalue weighted by Crippen LogP contribution is 2.34. The third-order valence-corrected chi connectivity index (χ3v) is 2.87. The van der Waals surface area contributed by atoms with E-state index < -0.39 is 6.36 Å². The Morgan fingerprint density at radius 3 is 2.53 bits per heavy atom. The van der Waals surface area contributed by atoms with Crippen molar-refractivity contribution in [3.63, 3.8) is 0 Å². The number of benzene rings is 1. The summed E-state index contributed by atoms with van der Waals surface area (Å²) in [5, 5.41) is 0. The SMILES string of the molecule is O=Cc1ccc(-c2cc(OC(F)(F)F)ccc2Br)o1. The summed E-state index contributed by atoms with van der Waals surface area (Å²) >= 11 is 3.19. The summed E-state index contributed by atoms with van der Waals surface area (Å²) in [6.07, 6.45) is -4.25. The van der Waals surface area contributed by atoms with Crippen molar-refractivity contribution >= 4 is 22.2 Å². The van der Waals surface area contributed by atoms with Crippen LogP contribution >= 0.6 is 15.9 Å². The molecule has 0 saturated heterocycles. The first-order valence-electron chi connectivity index (χ1n) is 5.00. The fourth-order valence-electron chi connectivity index (χ4n) is 1.45. The second kappa shape index (κ2) is 5.08. The molecule has 0 radical (unpaired) electrons. The number of alkyl halides is 3. The van der Waals surface area contributed by atoms with E-state index in [0.717, 1.165) is 0 Å². The van der Waals surface area contributed by atoms with Crippen LogP contribution in [0.5, 0.6) is 5.75 Å². The summed E-state index contributed by atoms with van der Waals surface area (Å²) in [4.78, 5) is 10.5. The normalized spacial score (nSPS) is 11.4. The lowest BCUT2D eigenvalue weighted by atomic mass is 10.1. The van der Waals surface area contributed by atoms with Gasteiger partial charge in [-0.2, -0.15) is 0 Å². The number of furan rings is 1. The summed E-state index contributed by atoms with van der Waals surface area (Å²) in [6.45, 7) is 0. The van der Waals surface area contributed by atoms with Gasteiger partial charge in [-0.05, 0) is 30.3 Å². The predicted molar refractivity (Wildman–Crippen MR) is 63.9 cm³/mol. The van der Waals surface area contributed by atoms with Crippen LogP contribution in [0.4, 0.5) is 13.2 Å². The fourth-order valence-corrected chi connectivity index (χ4v) is 1.89. The number of ether oxygens (including phenoxy) is 1. The van der Waals surface area contributed by atoms with Gasteiger partial charge in [0.25, 0.3) is 0 Å². The Morgan fingerprint density at radius 1 is 1.21 bits per heavy atom. The van der Waals surface area contributed by atoms with Gasteiger partial charge in [0.15, 0.2) is 12.0 Å². The lowest BCUT2D eigenvalue weighted by molar-refractivity contribution is -0.274. The zero-order chi connectivity index (χ0) is 14.0. The number of rotatable bonds is 3. The zero-order valence-corrected chi connectivity index (χ0v) is 10.8. The third-order valence-electron chi connectivity index (χ3n) is 2.18. The molecule has 1 heterocycles. The number of halogens is 4. The molecule has 0 unspecified atom stereocenters. The maximum absolute atomic E-state index is 12.1. The lowest BCUT2D eigenvalue weighted by Gasteiger charge is -2.10. The maximum atomic E-state index is 12.1. The van der Waals surface area contributed by atoms with E-state index in [1.807, 2.05) is 0 Å². The largest absolute Gasteiger partial charge is 0.573 e. The molecule has 0 saturated carbocycles. The van der Waals surface area contributed by atoms with E-state index in [-0.39, 0.29) is 17.3 Å². The Kier molecular flexibility index (Phi) is 3.66. The molecular formula is C12H6BrF3O3. The number of hydrogen-bond donors (Lipinski definition) is 0. The van der Waals surface area contributed by atoms with Gasteiger partial charge in [0.05, 0.1) is 0 Å². The van der Waals surface area contributed by atoms with Crippen LogP contribution in [0.15, 0.2) is 39.2 Å². The molecule has 0 spiro atoms. The molecule has 0 aliphatic carbocycles. The second-order valence-corrected chi connectivity index (χ2v) is 4.36. The van der Waals surface area contributed by atoms with E-state index in [0.29, 0.717) is 16.3 Å². The van der Waals surface area contributed by atoms with E-state index in [1.54, 1.807) is 0 Å². The smallest absolute Gasteiger partial charge is 0.453 e. The van der Waals surface area contributed by atoms with E-state index in [4.69, 9.17) is 4.42 Å². The Morgan fingerprint density at radius 2 is 1.95 bits per heavy atom. The molecule has 7 heteroatoms. The van der Waals surface area contributed by atoms with Gasteiger partial charge in [0, 0.05) is 10.0 Å². The number of carbonyl (C=O) groups is 1. The number of hydrogen-bond acceptors (Lipinski definition) is 3. The van der Waals surface area contributed by atoms with E-state index in [2.05, 4.69) is 20.7 Å². The highest BCUT2D eigenvalue weighted by Gasteiger charge is 2.31. The van der Waals surface area contributed by atoms with E-state index >= 15 is 0 Å². The molecule has 3 nitrogen and oxygen atoms in total. The van der Waals surface area contributed by atoms with Crippen molar-refractivity contribution in [2.45, 2.75) is 6.36 Å². The van der Waals surface area contributed by atoms with E-state index in [1.165, 1.54) is 30.3 Å². The summed E-state index contributed by atoms with van der Waals surface area (Å²) in [5.41, 5.74) is 0.356. The highest BCUT2D eigenvalue weighted by molar-refractivity contribution is 9.10. The molecular weight excluding hydrogens is 329 g/mol. The molecule has 0 amide bonds. The first kappa shape index (κ1) is 13.7. The molecule has 0 N–H and O–H groups in total. The predicted octanol–water partition coefficient (Wildman–Crippen LogP) is 4.42. The van der Waals surface area contributed by atoms with Gasteiger partial charge in [0.2, 0.25) is 0 Å². The Labute approximate surface area is 114 Å². The van der Waals surface area contributed by atoms with Crippen LogP contribution in [-0.2, 0) is 0 Å². The Hall–Kier alpha value is -1.76. The molecule has 2 aromatic rings. The van der Waals surface area contributed by atoms with Gasteiger partial charge in [0.1, 0.15) is 11.5 Å². The minimum absolute atomic E-state index is 0.0871. The zero-order valence-electron chi connectivity index (χ0n) is 9.20. The molecule has 0 atom stereocenters. The Balaban J connectivity index is 2.39. The van der Waals surface area contributed by atoms with E-state index in [9.17, 15) is 18.0 Å². The van der Waals surface area contributed by atoms with Gasteiger partial charge in [-0.1, -0.05) is 15.9 Å². The van der Waals surface area contributed by atoms with Gasteiger partial charge < -0.3 is 9.15 Å². The van der Waals surface area contributed by atoms with Crippen molar-refractivity contribution in [2.75, 3.05) is 0 Å². The molecule has 19 heavy (non-hydrogen) atoms. The van der Waals surface area contributed by atoms with Crippen LogP contribution in [0.1, 0.15) is 10.6 Å². The first-order valence-corrected chi connectivity index (χ1v) is 5.79. The number of carbonyl (C=O) groups excluding carboxylic acids is 1. The minimum atomic E-state index is -4.76. The lowest BCUT2D eigenvalue weighted by Crippen LogP contribution is -2.17. The second-order valence-electron chi connectivity index (χ2n) is 3.51. The molecule has 0 aliphatic rings. The quantitative estimate of drug-likeness (QED) is 0.780. The van der Waals surface area contributed by atoms with Crippen LogP contribution in [0.2, 0.25) is 0 Å². The molecule has 100 valence electrons. The van der Waals surface area contributed by atoms with Gasteiger partial charge in [-0.15, -0.1) is 13.2 Å². The topological polar surface area (TPSA) is 39.4 Å². The van der Waals surface area contributed by atoms with Crippen LogP contribution in [0.25, 0.3) is 11.3 Å². The van der Waals surface area contributed by atoms with Crippen molar-refractivity contribution in [1.29, 1.82) is 0 Å². The molecule has 0 aliphatic heterocycles. The third kappa shape index (κ3) is 3.37. The van der Waals surface area contributed by atoms with Crippen LogP contribution in [0, 0.1) is 0 Å². The van der Waals surface area contributed by atoms with Crippen molar-refractivity contribution in [3.8, 4) is 17.1 Å². The number of aldehydes is 1. The maximum Gasteiger partial charge on any atom is 0.573 e. The molecule has 2 rings (SSSR count). The summed E-state index contributed by atoms with van der Waals surface area (Å²) in [7, 11) is 0. The van der Waals surface area contributed by atoms with Gasteiger partial charge in [-0.3, -0.25) is 4.79 Å². The monoisotopic (exact) mass is 334 g/mol. The molecule has 0 bridgehead atoms. The van der Waals surface area contributed by atoms with Crippen LogP contribution in [0.3, 0.4) is 0 Å². The summed E-state index contributed by atoms with van der Waals surface area (Å²) in [6, 6.07) is 6.66. The van der Waals surface area contributed by atoms with Crippen LogP contribution < -0.4 is 4.74 Å². The van der Waals surface area contributed by atoms with Gasteiger partial charge >= 0.3 is 6.36 Å².